The molecule has 0 saturated carbocycles. The van der Waals surface area contributed by atoms with E-state index in [1.807, 2.05) is 0 Å². The van der Waals surface area contributed by atoms with Gasteiger partial charge >= 0.3 is 5.97 Å². The van der Waals surface area contributed by atoms with Gasteiger partial charge < -0.3 is 5.11 Å². The summed E-state index contributed by atoms with van der Waals surface area (Å²) in [7, 11) is 0. The van der Waals surface area contributed by atoms with Crippen molar-refractivity contribution in [2.75, 3.05) is 0 Å². The van der Waals surface area contributed by atoms with Crippen molar-refractivity contribution in [2.45, 2.75) is 6.54 Å². The van der Waals surface area contributed by atoms with E-state index in [1.165, 1.54) is 10.9 Å². The van der Waals surface area contributed by atoms with Crippen LogP contribution in [-0.2, 0) is 11.3 Å². The number of halogens is 1. The third kappa shape index (κ3) is 1.53. The second-order valence-corrected chi connectivity index (χ2v) is 2.33. The summed E-state index contributed by atoms with van der Waals surface area (Å²) in [6, 6.07) is 0. The number of carboxylic acids is 1. The summed E-state index contributed by atoms with van der Waals surface area (Å²) in [4.78, 5) is 10.1. The molecule has 0 radical (unpaired) electrons. The molecular weight excluding hydrogens is 202 g/mol. The van der Waals surface area contributed by atoms with Crippen molar-refractivity contribution >= 4 is 21.9 Å². The van der Waals surface area contributed by atoms with Gasteiger partial charge in [-0.2, -0.15) is 0 Å². The summed E-state index contributed by atoms with van der Waals surface area (Å²) in [5.41, 5.74) is 0. The van der Waals surface area contributed by atoms with E-state index in [2.05, 4.69) is 26.1 Å². The quantitative estimate of drug-likeness (QED) is 0.746. The Balaban J connectivity index is 2.74. The Morgan fingerprint density at radius 3 is 3.00 bits per heavy atom. The monoisotopic (exact) mass is 205 g/mol. The largest absolute Gasteiger partial charge is 0.480 e. The molecule has 0 unspecified atom stereocenters. The van der Waals surface area contributed by atoms with Gasteiger partial charge in [0, 0.05) is 0 Å². The number of carboxylic acid groups (broad SMARTS) is 1. The predicted molar refractivity (Wildman–Crippen MR) is 35.4 cm³/mol. The van der Waals surface area contributed by atoms with Gasteiger partial charge in [0.05, 0.1) is 0 Å². The molecule has 0 aliphatic heterocycles. The third-order valence-corrected chi connectivity index (χ3v) is 1.49. The van der Waals surface area contributed by atoms with Crippen LogP contribution < -0.4 is 0 Å². The minimum Gasteiger partial charge on any atom is -0.480 e. The van der Waals surface area contributed by atoms with Crippen LogP contribution in [0.25, 0.3) is 0 Å². The first kappa shape index (κ1) is 7.20. The lowest BCUT2D eigenvalue weighted by Gasteiger charge is -1.94. The lowest BCUT2D eigenvalue weighted by atomic mass is 10.6. The number of hydrogen-bond donors (Lipinski definition) is 1. The third-order valence-electron chi connectivity index (χ3n) is 0.874. The van der Waals surface area contributed by atoms with Gasteiger partial charge in [-0.25, -0.2) is 0 Å². The van der Waals surface area contributed by atoms with Crippen LogP contribution in [0.1, 0.15) is 0 Å². The highest BCUT2D eigenvalue weighted by Gasteiger charge is 2.02. The number of hydrogen-bond acceptors (Lipinski definition) is 3. The van der Waals surface area contributed by atoms with Crippen molar-refractivity contribution in [1.82, 2.24) is 14.8 Å². The maximum Gasteiger partial charge on any atom is 0.323 e. The van der Waals surface area contributed by atoms with Gasteiger partial charge in [0.1, 0.15) is 12.9 Å². The molecule has 0 spiro atoms. The molecule has 1 aromatic heterocycles. The molecule has 1 aromatic rings. The van der Waals surface area contributed by atoms with Gasteiger partial charge in [-0.1, -0.05) is 0 Å². The maximum absolute atomic E-state index is 10.1. The summed E-state index contributed by atoms with van der Waals surface area (Å²) in [5, 5.41) is 15.3. The molecule has 5 nitrogen and oxygen atoms in total. The van der Waals surface area contributed by atoms with Gasteiger partial charge in [0.25, 0.3) is 0 Å². The van der Waals surface area contributed by atoms with Gasteiger partial charge in [0.2, 0.25) is 0 Å². The Hall–Kier alpha value is -0.910. The van der Waals surface area contributed by atoms with Gasteiger partial charge in [-0.15, -0.1) is 10.2 Å². The van der Waals surface area contributed by atoms with Crippen LogP contribution >= 0.6 is 15.9 Å². The van der Waals surface area contributed by atoms with Crippen LogP contribution in [0.5, 0.6) is 0 Å². The van der Waals surface area contributed by atoms with Crippen molar-refractivity contribution in [1.29, 1.82) is 0 Å². The van der Waals surface area contributed by atoms with Crippen molar-refractivity contribution < 1.29 is 9.90 Å². The molecule has 0 atom stereocenters. The zero-order valence-corrected chi connectivity index (χ0v) is 6.45. The molecule has 1 heterocycles. The van der Waals surface area contributed by atoms with Gasteiger partial charge in [-0.05, 0) is 15.9 Å². The van der Waals surface area contributed by atoms with Crippen LogP contribution in [0, 0.1) is 0 Å². The second-order valence-electron chi connectivity index (χ2n) is 1.62. The van der Waals surface area contributed by atoms with E-state index in [0.29, 0.717) is 4.73 Å². The summed E-state index contributed by atoms with van der Waals surface area (Å²) in [5.74, 6) is -0.916. The maximum atomic E-state index is 10.1. The highest BCUT2D eigenvalue weighted by molar-refractivity contribution is 9.10. The van der Waals surface area contributed by atoms with Crippen LogP contribution in [0.3, 0.4) is 0 Å². The molecule has 10 heavy (non-hydrogen) atoms. The lowest BCUT2D eigenvalue weighted by Crippen LogP contribution is -2.07. The SMILES string of the molecule is O=C(O)Cn1cnnc1Br. The molecule has 0 fully saturated rings. The summed E-state index contributed by atoms with van der Waals surface area (Å²) in [6.45, 7) is -0.117. The van der Waals surface area contributed by atoms with E-state index in [0.717, 1.165) is 0 Å². The van der Waals surface area contributed by atoms with Gasteiger partial charge in [0.15, 0.2) is 4.73 Å². The van der Waals surface area contributed by atoms with Crippen LogP contribution in [0.15, 0.2) is 11.1 Å². The van der Waals surface area contributed by atoms with Crippen molar-refractivity contribution in [3.63, 3.8) is 0 Å². The minimum absolute atomic E-state index is 0.117. The molecule has 54 valence electrons. The Labute approximate surface area is 64.8 Å². The molecular formula is C4H4BrN3O2. The fourth-order valence-corrected chi connectivity index (χ4v) is 0.801. The molecule has 1 N–H and O–H groups in total. The topological polar surface area (TPSA) is 68.0 Å². The van der Waals surface area contributed by atoms with E-state index in [-0.39, 0.29) is 6.54 Å². The zero-order chi connectivity index (χ0) is 7.56. The van der Waals surface area contributed by atoms with Crippen molar-refractivity contribution in [3.05, 3.63) is 11.1 Å². The van der Waals surface area contributed by atoms with Crippen LogP contribution in [0.4, 0.5) is 0 Å². The fraction of sp³-hybridized carbons (Fsp3) is 0.250. The first-order valence-electron chi connectivity index (χ1n) is 2.45. The first-order valence-corrected chi connectivity index (χ1v) is 3.24. The molecule has 0 saturated heterocycles. The van der Waals surface area contributed by atoms with Crippen LogP contribution in [0.2, 0.25) is 0 Å². The van der Waals surface area contributed by atoms with E-state index in [4.69, 9.17) is 5.11 Å². The molecule has 0 bridgehead atoms. The Morgan fingerprint density at radius 2 is 2.60 bits per heavy atom. The number of aromatic nitrogens is 3. The average Bonchev–Trinajstić information content (AvgIpc) is 2.15. The summed E-state index contributed by atoms with van der Waals surface area (Å²) < 4.78 is 1.80. The zero-order valence-electron chi connectivity index (χ0n) is 4.86. The second kappa shape index (κ2) is 2.78. The van der Waals surface area contributed by atoms with E-state index < -0.39 is 5.97 Å². The number of rotatable bonds is 2. The number of carbonyl (C=O) groups is 1. The smallest absolute Gasteiger partial charge is 0.323 e. The summed E-state index contributed by atoms with van der Waals surface area (Å²) >= 11 is 3.02. The van der Waals surface area contributed by atoms with Crippen molar-refractivity contribution in [3.8, 4) is 0 Å². The highest BCUT2D eigenvalue weighted by Crippen LogP contribution is 2.02. The average molecular weight is 206 g/mol. The molecule has 0 amide bonds. The summed E-state index contributed by atoms with van der Waals surface area (Å²) in [6.07, 6.45) is 1.35. The first-order chi connectivity index (χ1) is 4.70. The highest BCUT2D eigenvalue weighted by atomic mass is 79.9. The Morgan fingerprint density at radius 1 is 1.90 bits per heavy atom. The predicted octanol–water partition coefficient (Wildman–Crippen LogP) is 0.125. The molecule has 6 heteroatoms. The normalized spacial score (nSPS) is 9.70. The van der Waals surface area contributed by atoms with Crippen LogP contribution in [-0.4, -0.2) is 25.8 Å². The fourth-order valence-electron chi connectivity index (χ4n) is 0.493. The Bertz CT molecular complexity index is 246. The molecule has 0 aromatic carbocycles. The molecule has 1 rings (SSSR count). The molecule has 0 aliphatic rings. The van der Waals surface area contributed by atoms with Gasteiger partial charge in [-0.3, -0.25) is 9.36 Å². The lowest BCUT2D eigenvalue weighted by molar-refractivity contribution is -0.137. The van der Waals surface area contributed by atoms with E-state index in [9.17, 15) is 4.79 Å². The molecule has 0 aliphatic carbocycles. The number of aliphatic carboxylic acids is 1. The number of nitrogens with zero attached hydrogens (tertiary/aromatic N) is 3. The van der Waals surface area contributed by atoms with E-state index in [1.54, 1.807) is 0 Å². The minimum atomic E-state index is -0.916. The van der Waals surface area contributed by atoms with Crippen molar-refractivity contribution in [2.24, 2.45) is 0 Å². The Kier molecular flexibility index (Phi) is 2.00. The standard InChI is InChI=1S/C4H4BrN3O2/c5-4-7-6-2-8(4)1-3(9)10/h2H,1H2,(H,9,10). The van der Waals surface area contributed by atoms with E-state index >= 15 is 0 Å².